The molecule has 20 heavy (non-hydrogen) atoms. The molecule has 4 heteroatoms. The van der Waals surface area contributed by atoms with Crippen LogP contribution in [0, 0.1) is 13.8 Å². The molecule has 0 aliphatic carbocycles. The van der Waals surface area contributed by atoms with Crippen LogP contribution >= 0.6 is 0 Å². The summed E-state index contributed by atoms with van der Waals surface area (Å²) < 4.78 is 16.9. The molecule has 0 radical (unpaired) electrons. The zero-order valence-corrected chi connectivity index (χ0v) is 12.0. The lowest BCUT2D eigenvalue weighted by Crippen LogP contribution is -2.19. The SMILES string of the molecule is CNC(c1ccc2c(c1)OCCO2)c1cc(C)oc1C. The second kappa shape index (κ2) is 5.21. The molecule has 2 aromatic rings. The number of rotatable bonds is 3. The second-order valence-corrected chi connectivity index (χ2v) is 4.99. The third kappa shape index (κ3) is 2.27. The Morgan fingerprint density at radius 3 is 2.45 bits per heavy atom. The van der Waals surface area contributed by atoms with Crippen LogP contribution in [-0.4, -0.2) is 20.3 Å². The van der Waals surface area contributed by atoms with Crippen LogP contribution in [-0.2, 0) is 0 Å². The minimum Gasteiger partial charge on any atom is -0.486 e. The zero-order chi connectivity index (χ0) is 14.1. The highest BCUT2D eigenvalue weighted by atomic mass is 16.6. The smallest absolute Gasteiger partial charge is 0.161 e. The van der Waals surface area contributed by atoms with Gasteiger partial charge < -0.3 is 19.2 Å². The fourth-order valence-electron chi connectivity index (χ4n) is 2.68. The summed E-state index contributed by atoms with van der Waals surface area (Å²) in [6.45, 7) is 5.17. The van der Waals surface area contributed by atoms with Crippen molar-refractivity contribution in [3.63, 3.8) is 0 Å². The number of ether oxygens (including phenoxy) is 2. The monoisotopic (exact) mass is 273 g/mol. The van der Waals surface area contributed by atoms with E-state index in [-0.39, 0.29) is 6.04 Å². The van der Waals surface area contributed by atoms with Crippen molar-refractivity contribution in [3.8, 4) is 11.5 Å². The van der Waals surface area contributed by atoms with Gasteiger partial charge in [-0.3, -0.25) is 0 Å². The summed E-state index contributed by atoms with van der Waals surface area (Å²) in [6.07, 6.45) is 0. The molecule has 0 fully saturated rings. The molecular weight excluding hydrogens is 254 g/mol. The van der Waals surface area contributed by atoms with Gasteiger partial charge in [-0.25, -0.2) is 0 Å². The third-order valence-corrected chi connectivity index (χ3v) is 3.58. The Balaban J connectivity index is 1.99. The van der Waals surface area contributed by atoms with Crippen molar-refractivity contribution < 1.29 is 13.9 Å². The highest BCUT2D eigenvalue weighted by Gasteiger charge is 2.20. The minimum absolute atomic E-state index is 0.0864. The van der Waals surface area contributed by atoms with Gasteiger partial charge in [0.2, 0.25) is 0 Å². The Labute approximate surface area is 118 Å². The van der Waals surface area contributed by atoms with Crippen LogP contribution in [0.4, 0.5) is 0 Å². The molecule has 1 aromatic heterocycles. The molecule has 1 unspecified atom stereocenters. The van der Waals surface area contributed by atoms with Crippen molar-refractivity contribution in [2.75, 3.05) is 20.3 Å². The van der Waals surface area contributed by atoms with E-state index in [1.165, 1.54) is 0 Å². The van der Waals surface area contributed by atoms with E-state index < -0.39 is 0 Å². The van der Waals surface area contributed by atoms with Gasteiger partial charge in [0.05, 0.1) is 6.04 Å². The predicted molar refractivity (Wildman–Crippen MR) is 76.5 cm³/mol. The maximum Gasteiger partial charge on any atom is 0.161 e. The highest BCUT2D eigenvalue weighted by Crippen LogP contribution is 2.35. The van der Waals surface area contributed by atoms with Crippen LogP contribution in [0.25, 0.3) is 0 Å². The summed E-state index contributed by atoms with van der Waals surface area (Å²) in [4.78, 5) is 0. The normalized spacial score (nSPS) is 15.2. The Morgan fingerprint density at radius 1 is 1.05 bits per heavy atom. The van der Waals surface area contributed by atoms with E-state index in [2.05, 4.69) is 17.4 Å². The maximum atomic E-state index is 5.65. The van der Waals surface area contributed by atoms with Crippen molar-refractivity contribution in [2.45, 2.75) is 19.9 Å². The molecule has 1 aliphatic rings. The average Bonchev–Trinajstić information content (AvgIpc) is 2.78. The number of fused-ring (bicyclic) bond motifs is 1. The summed E-state index contributed by atoms with van der Waals surface area (Å²) in [5.41, 5.74) is 2.29. The van der Waals surface area contributed by atoms with Crippen LogP contribution in [0.3, 0.4) is 0 Å². The molecule has 0 spiro atoms. The van der Waals surface area contributed by atoms with Gasteiger partial charge in [-0.15, -0.1) is 0 Å². The third-order valence-electron chi connectivity index (χ3n) is 3.58. The Morgan fingerprint density at radius 2 is 1.80 bits per heavy atom. The van der Waals surface area contributed by atoms with Crippen molar-refractivity contribution in [2.24, 2.45) is 0 Å². The molecular formula is C16H19NO3. The summed E-state index contributed by atoms with van der Waals surface area (Å²) >= 11 is 0. The van der Waals surface area contributed by atoms with Crippen molar-refractivity contribution >= 4 is 0 Å². The van der Waals surface area contributed by atoms with Crippen LogP contribution in [0.5, 0.6) is 11.5 Å². The summed E-state index contributed by atoms with van der Waals surface area (Å²) in [5.74, 6) is 3.49. The average molecular weight is 273 g/mol. The fraction of sp³-hybridized carbons (Fsp3) is 0.375. The van der Waals surface area contributed by atoms with Crippen LogP contribution in [0.1, 0.15) is 28.7 Å². The first-order chi connectivity index (χ1) is 9.69. The van der Waals surface area contributed by atoms with Crippen molar-refractivity contribution in [3.05, 3.63) is 46.9 Å². The van der Waals surface area contributed by atoms with E-state index in [4.69, 9.17) is 13.9 Å². The molecule has 106 valence electrons. The van der Waals surface area contributed by atoms with E-state index in [1.54, 1.807) is 0 Å². The topological polar surface area (TPSA) is 43.6 Å². The quantitative estimate of drug-likeness (QED) is 0.933. The van der Waals surface area contributed by atoms with Gasteiger partial charge in [-0.1, -0.05) is 6.07 Å². The van der Waals surface area contributed by atoms with Crippen LogP contribution in [0.2, 0.25) is 0 Å². The standard InChI is InChI=1S/C16H19NO3/c1-10-8-13(11(2)20-10)16(17-3)12-4-5-14-15(9-12)19-7-6-18-14/h4-5,8-9,16-17H,6-7H2,1-3H3. The summed E-state index contributed by atoms with van der Waals surface area (Å²) in [6, 6.07) is 8.24. The van der Waals surface area contributed by atoms with Crippen LogP contribution in [0.15, 0.2) is 28.7 Å². The molecule has 0 saturated carbocycles. The van der Waals surface area contributed by atoms with Gasteiger partial charge in [-0.2, -0.15) is 0 Å². The zero-order valence-electron chi connectivity index (χ0n) is 12.0. The van der Waals surface area contributed by atoms with Gasteiger partial charge in [0.1, 0.15) is 24.7 Å². The van der Waals surface area contributed by atoms with E-state index in [0.29, 0.717) is 13.2 Å². The number of hydrogen-bond donors (Lipinski definition) is 1. The molecule has 1 N–H and O–H groups in total. The fourth-order valence-corrected chi connectivity index (χ4v) is 2.68. The molecule has 1 aromatic carbocycles. The molecule has 3 rings (SSSR count). The van der Waals surface area contributed by atoms with Gasteiger partial charge in [0.25, 0.3) is 0 Å². The molecule has 0 amide bonds. The molecule has 4 nitrogen and oxygen atoms in total. The van der Waals surface area contributed by atoms with Crippen molar-refractivity contribution in [1.82, 2.24) is 5.32 Å². The first-order valence-electron chi connectivity index (χ1n) is 6.83. The highest BCUT2D eigenvalue weighted by molar-refractivity contribution is 5.47. The predicted octanol–water partition coefficient (Wildman–Crippen LogP) is 2.98. The number of benzene rings is 1. The Bertz CT molecular complexity index is 618. The number of furan rings is 1. The maximum absolute atomic E-state index is 5.65. The van der Waals surface area contributed by atoms with Gasteiger partial charge >= 0.3 is 0 Å². The van der Waals surface area contributed by atoms with Gasteiger partial charge in [-0.05, 0) is 44.7 Å². The lowest BCUT2D eigenvalue weighted by molar-refractivity contribution is 0.171. The summed E-state index contributed by atoms with van der Waals surface area (Å²) in [7, 11) is 1.95. The number of hydrogen-bond acceptors (Lipinski definition) is 4. The van der Waals surface area contributed by atoms with E-state index in [1.807, 2.05) is 33.0 Å². The lowest BCUT2D eigenvalue weighted by Gasteiger charge is -2.22. The first-order valence-corrected chi connectivity index (χ1v) is 6.83. The van der Waals surface area contributed by atoms with E-state index in [9.17, 15) is 0 Å². The number of nitrogens with one attached hydrogen (secondary N) is 1. The number of aryl methyl sites for hydroxylation is 2. The lowest BCUT2D eigenvalue weighted by atomic mass is 9.98. The first kappa shape index (κ1) is 13.1. The molecule has 0 bridgehead atoms. The summed E-state index contributed by atoms with van der Waals surface area (Å²) in [5, 5.41) is 3.34. The van der Waals surface area contributed by atoms with Gasteiger partial charge in [0.15, 0.2) is 11.5 Å². The van der Waals surface area contributed by atoms with Crippen LogP contribution < -0.4 is 14.8 Å². The minimum atomic E-state index is 0.0864. The van der Waals surface area contributed by atoms with Gasteiger partial charge in [0, 0.05) is 5.56 Å². The second-order valence-electron chi connectivity index (χ2n) is 4.99. The molecule has 1 atom stereocenters. The molecule has 2 heterocycles. The van der Waals surface area contributed by atoms with E-state index >= 15 is 0 Å². The molecule has 0 saturated heterocycles. The Kier molecular flexibility index (Phi) is 3.40. The molecule has 1 aliphatic heterocycles. The largest absolute Gasteiger partial charge is 0.486 e. The van der Waals surface area contributed by atoms with E-state index in [0.717, 1.165) is 34.1 Å². The van der Waals surface area contributed by atoms with Crippen molar-refractivity contribution in [1.29, 1.82) is 0 Å². The Hall–Kier alpha value is -1.94.